The molecule has 0 N–H and O–H groups in total. The molecule has 0 atom stereocenters. The third kappa shape index (κ3) is 40.6. The number of rotatable bonds is 2. The summed E-state index contributed by atoms with van der Waals surface area (Å²) >= 11 is 0. The number of carbonyl (C=O) groups excluding carboxylic acids is 2. The molecule has 0 rings (SSSR count). The third-order valence-electron chi connectivity index (χ3n) is 0.446. The Morgan fingerprint density at radius 2 is 1.45 bits per heavy atom. The fourth-order valence-electron chi connectivity index (χ4n) is 0.278. The first-order valence-corrected chi connectivity index (χ1v) is 1.97. The molecule has 0 fully saturated rings. The fourth-order valence-corrected chi connectivity index (χ4v) is 0.278. The van der Waals surface area contributed by atoms with Crippen LogP contribution in [0.3, 0.4) is 0 Å². The van der Waals surface area contributed by atoms with Gasteiger partial charge < -0.3 is 34.0 Å². The monoisotopic (exact) mass is 339 g/mol. The van der Waals surface area contributed by atoms with Crippen molar-refractivity contribution in [3.63, 3.8) is 0 Å². The summed E-state index contributed by atoms with van der Waals surface area (Å²) in [6, 6.07) is 0. The summed E-state index contributed by atoms with van der Waals surface area (Å²) in [6.07, 6.45) is -0.0278. The number of carbonyl (C=O) groups is 2. The van der Waals surface area contributed by atoms with E-state index in [4.69, 9.17) is 0 Å². The summed E-state index contributed by atoms with van der Waals surface area (Å²) in [6.45, 7) is 4.38. The molecule has 0 amide bonds. The predicted molar refractivity (Wildman–Crippen MR) is 44.9 cm³/mol. The Bertz CT molecular complexity index is 88.3. The van der Waals surface area contributed by atoms with Crippen LogP contribution >= 0.6 is 0 Å². The van der Waals surface area contributed by atoms with Gasteiger partial charge in [0.1, 0.15) is 5.78 Å². The van der Waals surface area contributed by atoms with E-state index in [0.717, 1.165) is 0 Å². The first kappa shape index (κ1) is 30.7. The normalized spacial score (nSPS) is 5.18. The molecule has 0 aromatic heterocycles. The van der Waals surface area contributed by atoms with Crippen molar-refractivity contribution in [3.8, 4) is 0 Å². The third-order valence-corrected chi connectivity index (χ3v) is 0.446. The molecule has 0 radical (unpaired) electrons. The minimum atomic E-state index is -0.312. The SMILES string of the molecule is [CH2-]C(=O)CC(C)=O.[CH3-].[CH3-].[CH3-].[Pt+4]. The van der Waals surface area contributed by atoms with Crippen molar-refractivity contribution in [3.05, 3.63) is 29.2 Å². The quantitative estimate of drug-likeness (QED) is 0.567. The average molecular weight is 339 g/mol. The van der Waals surface area contributed by atoms with Gasteiger partial charge >= 0.3 is 21.1 Å². The molecule has 0 aliphatic rings. The van der Waals surface area contributed by atoms with Gasteiger partial charge in [0.15, 0.2) is 0 Å². The Hall–Kier alpha value is -0.102. The van der Waals surface area contributed by atoms with Gasteiger partial charge in [-0.25, -0.2) is 0 Å². The largest absolute Gasteiger partial charge is 4.00 e. The maximum absolute atomic E-state index is 9.99. The van der Waals surface area contributed by atoms with Crippen LogP contribution in [0.1, 0.15) is 13.3 Å². The Morgan fingerprint density at radius 3 is 1.45 bits per heavy atom. The summed E-state index contributed by atoms with van der Waals surface area (Å²) in [7, 11) is 0. The van der Waals surface area contributed by atoms with Crippen LogP contribution in [-0.2, 0) is 30.7 Å². The molecule has 0 aromatic rings. The maximum Gasteiger partial charge on any atom is 4.00 e. The van der Waals surface area contributed by atoms with Crippen molar-refractivity contribution in [2.75, 3.05) is 0 Å². The van der Waals surface area contributed by atoms with Crippen LogP contribution in [0, 0.1) is 29.2 Å². The van der Waals surface area contributed by atoms with Crippen molar-refractivity contribution in [1.29, 1.82) is 0 Å². The van der Waals surface area contributed by atoms with E-state index in [1.807, 2.05) is 0 Å². The van der Waals surface area contributed by atoms with Gasteiger partial charge in [0.25, 0.3) is 0 Å². The van der Waals surface area contributed by atoms with Crippen LogP contribution in [0.25, 0.3) is 0 Å². The van der Waals surface area contributed by atoms with Crippen molar-refractivity contribution in [2.24, 2.45) is 0 Å². The second kappa shape index (κ2) is 16.5. The van der Waals surface area contributed by atoms with Gasteiger partial charge in [0.05, 0.1) is 0 Å². The molecular formula is C8H16O2Pt. The summed E-state index contributed by atoms with van der Waals surface area (Å²) in [5.74, 6) is -0.437. The average Bonchev–Trinajstić information content (AvgIpc) is 1.27. The van der Waals surface area contributed by atoms with Gasteiger partial charge in [-0.3, -0.25) is 4.79 Å². The van der Waals surface area contributed by atoms with Crippen LogP contribution in [0.5, 0.6) is 0 Å². The molecule has 0 bridgehead atoms. The van der Waals surface area contributed by atoms with E-state index in [1.54, 1.807) is 0 Å². The molecule has 2 nitrogen and oxygen atoms in total. The summed E-state index contributed by atoms with van der Waals surface area (Å²) < 4.78 is 0. The molecule has 0 saturated carbocycles. The van der Waals surface area contributed by atoms with E-state index in [9.17, 15) is 9.59 Å². The molecule has 0 saturated heterocycles. The summed E-state index contributed by atoms with van der Waals surface area (Å²) in [5, 5.41) is 0. The zero-order valence-electron chi connectivity index (χ0n) is 7.55. The van der Waals surface area contributed by atoms with Crippen molar-refractivity contribution in [2.45, 2.75) is 13.3 Å². The summed E-state index contributed by atoms with van der Waals surface area (Å²) in [4.78, 5) is 19.9. The molecular weight excluding hydrogens is 323 g/mol. The number of hydrogen-bond donors (Lipinski definition) is 0. The van der Waals surface area contributed by atoms with E-state index in [-0.39, 0.29) is 61.3 Å². The summed E-state index contributed by atoms with van der Waals surface area (Å²) in [5.41, 5.74) is 0. The molecule has 70 valence electrons. The molecule has 3 heteroatoms. The minimum absolute atomic E-state index is 0. The van der Waals surface area contributed by atoms with E-state index in [1.165, 1.54) is 6.92 Å². The number of ketones is 2. The maximum atomic E-state index is 9.99. The number of hydrogen-bond acceptors (Lipinski definition) is 2. The molecule has 0 spiro atoms. The molecule has 0 aromatic carbocycles. The molecule has 0 unspecified atom stereocenters. The Morgan fingerprint density at radius 1 is 1.18 bits per heavy atom. The minimum Gasteiger partial charge on any atom is -0.358 e. The van der Waals surface area contributed by atoms with Crippen molar-refractivity contribution >= 4 is 11.6 Å². The van der Waals surface area contributed by atoms with Gasteiger partial charge in [0.2, 0.25) is 0 Å². The van der Waals surface area contributed by atoms with Crippen LogP contribution in [0.15, 0.2) is 0 Å². The van der Waals surface area contributed by atoms with Crippen LogP contribution in [0.4, 0.5) is 0 Å². The van der Waals surface area contributed by atoms with E-state index in [2.05, 4.69) is 6.92 Å². The Kier molecular flexibility index (Phi) is 46.0. The van der Waals surface area contributed by atoms with E-state index < -0.39 is 0 Å². The topological polar surface area (TPSA) is 34.1 Å². The van der Waals surface area contributed by atoms with Gasteiger partial charge in [0, 0.05) is 12.2 Å². The van der Waals surface area contributed by atoms with Crippen LogP contribution in [-0.4, -0.2) is 11.6 Å². The zero-order valence-corrected chi connectivity index (χ0v) is 9.82. The van der Waals surface area contributed by atoms with Gasteiger partial charge in [-0.15, -0.1) is 0 Å². The zero-order chi connectivity index (χ0) is 5.86. The number of Topliss-reactive ketones (excluding diaryl/α,β-unsaturated/α-hetero) is 2. The second-order valence-corrected chi connectivity index (χ2v) is 1.42. The van der Waals surface area contributed by atoms with E-state index >= 15 is 0 Å². The Labute approximate surface area is 85.0 Å². The Balaban J connectivity index is -0.0000000300. The molecule has 0 aliphatic heterocycles. The predicted octanol–water partition coefficient (Wildman–Crippen LogP) is 1.72. The van der Waals surface area contributed by atoms with Crippen LogP contribution in [0.2, 0.25) is 0 Å². The smallest absolute Gasteiger partial charge is 0.358 e. The standard InChI is InChI=1S/C5H7O2.3CH3.Pt/c1-4(6)3-5(2)7;;;;/h1,3H2,2H3;3*1H3;/q4*-1;+4. The van der Waals surface area contributed by atoms with Crippen molar-refractivity contribution in [1.82, 2.24) is 0 Å². The van der Waals surface area contributed by atoms with Gasteiger partial charge in [-0.1, -0.05) is 0 Å². The molecule has 0 heterocycles. The molecule has 0 aliphatic carbocycles. The van der Waals surface area contributed by atoms with Gasteiger partial charge in [-0.05, 0) is 6.92 Å². The first-order chi connectivity index (χ1) is 3.13. The van der Waals surface area contributed by atoms with Crippen LogP contribution < -0.4 is 0 Å². The first-order valence-electron chi connectivity index (χ1n) is 1.97. The van der Waals surface area contributed by atoms with Crippen molar-refractivity contribution < 1.29 is 30.7 Å². The van der Waals surface area contributed by atoms with E-state index in [0.29, 0.717) is 0 Å². The molecule has 11 heavy (non-hydrogen) atoms. The van der Waals surface area contributed by atoms with Gasteiger partial charge in [-0.2, -0.15) is 0 Å². The fraction of sp³-hybridized carbons (Fsp3) is 0.250. The second-order valence-electron chi connectivity index (χ2n) is 1.42.